The molecule has 2 atom stereocenters. The average molecular weight is 209 g/mol. The highest BCUT2D eigenvalue weighted by Gasteiger charge is 2.21. The molecule has 1 rings (SSSR count). The first-order chi connectivity index (χ1) is 6.89. The Morgan fingerprint density at radius 1 is 1.33 bits per heavy atom. The fourth-order valence-electron chi connectivity index (χ4n) is 1.47. The van der Waals surface area contributed by atoms with Gasteiger partial charge in [-0.1, -0.05) is 20.8 Å². The molecule has 1 heterocycles. The summed E-state index contributed by atoms with van der Waals surface area (Å²) in [4.78, 5) is 0. The lowest BCUT2D eigenvalue weighted by molar-refractivity contribution is 0.263. The van der Waals surface area contributed by atoms with Crippen LogP contribution in [0.3, 0.4) is 0 Å². The predicted molar refractivity (Wildman–Crippen MR) is 63.9 cm³/mol. The molecule has 0 amide bonds. The Morgan fingerprint density at radius 3 is 2.47 bits per heavy atom. The second-order valence-electron chi connectivity index (χ2n) is 5.44. The van der Waals surface area contributed by atoms with Crippen LogP contribution in [0.5, 0.6) is 0 Å². The van der Waals surface area contributed by atoms with E-state index < -0.39 is 0 Å². The Morgan fingerprint density at radius 2 is 2.00 bits per heavy atom. The molecule has 0 aliphatic heterocycles. The van der Waals surface area contributed by atoms with Crippen LogP contribution in [0.15, 0.2) is 22.8 Å². The summed E-state index contributed by atoms with van der Waals surface area (Å²) in [5.41, 5.74) is 0.303. The summed E-state index contributed by atoms with van der Waals surface area (Å²) in [5, 5.41) is 3.60. The summed E-state index contributed by atoms with van der Waals surface area (Å²) in [6.07, 6.45) is 2.68. The molecule has 0 fully saturated rings. The Hall–Kier alpha value is -0.760. The standard InChI is InChI=1S/C13H23NO/c1-10(9-12-7-6-8-15-12)14-11(2)13(3,4)5/h6-8,10-11,14H,9H2,1-5H3. The third-order valence-electron chi connectivity index (χ3n) is 2.92. The largest absolute Gasteiger partial charge is 0.469 e. The van der Waals surface area contributed by atoms with Crippen molar-refractivity contribution in [2.45, 2.75) is 53.1 Å². The van der Waals surface area contributed by atoms with Gasteiger partial charge in [0.2, 0.25) is 0 Å². The van der Waals surface area contributed by atoms with E-state index in [1.165, 1.54) is 0 Å². The fraction of sp³-hybridized carbons (Fsp3) is 0.692. The number of hydrogen-bond acceptors (Lipinski definition) is 2. The predicted octanol–water partition coefficient (Wildman–Crippen LogP) is 3.23. The maximum atomic E-state index is 5.33. The van der Waals surface area contributed by atoms with Crippen molar-refractivity contribution in [3.05, 3.63) is 24.2 Å². The second-order valence-corrected chi connectivity index (χ2v) is 5.44. The van der Waals surface area contributed by atoms with E-state index in [1.54, 1.807) is 6.26 Å². The molecule has 0 saturated carbocycles. The van der Waals surface area contributed by atoms with Crippen molar-refractivity contribution in [2.75, 3.05) is 0 Å². The first kappa shape index (κ1) is 12.3. The van der Waals surface area contributed by atoms with Gasteiger partial charge in [-0.25, -0.2) is 0 Å². The zero-order valence-corrected chi connectivity index (χ0v) is 10.5. The van der Waals surface area contributed by atoms with Crippen LogP contribution < -0.4 is 5.32 Å². The summed E-state index contributed by atoms with van der Waals surface area (Å²) in [6, 6.07) is 4.92. The van der Waals surface area contributed by atoms with Crippen molar-refractivity contribution in [1.29, 1.82) is 0 Å². The van der Waals surface area contributed by atoms with Crippen LogP contribution in [0, 0.1) is 5.41 Å². The number of hydrogen-bond donors (Lipinski definition) is 1. The van der Waals surface area contributed by atoms with Crippen LogP contribution >= 0.6 is 0 Å². The van der Waals surface area contributed by atoms with E-state index in [0.717, 1.165) is 12.2 Å². The summed E-state index contributed by atoms with van der Waals surface area (Å²) in [5.74, 6) is 1.05. The van der Waals surface area contributed by atoms with Gasteiger partial charge in [0.05, 0.1) is 6.26 Å². The molecule has 1 aromatic rings. The molecule has 0 saturated heterocycles. The smallest absolute Gasteiger partial charge is 0.105 e. The molecular weight excluding hydrogens is 186 g/mol. The quantitative estimate of drug-likeness (QED) is 0.823. The van der Waals surface area contributed by atoms with Crippen molar-refractivity contribution < 1.29 is 4.42 Å². The van der Waals surface area contributed by atoms with Gasteiger partial charge >= 0.3 is 0 Å². The zero-order valence-electron chi connectivity index (χ0n) is 10.5. The first-order valence-electron chi connectivity index (χ1n) is 5.68. The highest BCUT2D eigenvalue weighted by molar-refractivity contribution is 5.00. The molecule has 2 unspecified atom stereocenters. The topological polar surface area (TPSA) is 25.2 Å². The van der Waals surface area contributed by atoms with E-state index in [1.807, 2.05) is 12.1 Å². The van der Waals surface area contributed by atoms with Crippen molar-refractivity contribution in [3.63, 3.8) is 0 Å². The van der Waals surface area contributed by atoms with E-state index >= 15 is 0 Å². The van der Waals surface area contributed by atoms with Crippen molar-refractivity contribution in [3.8, 4) is 0 Å². The van der Waals surface area contributed by atoms with Crippen molar-refractivity contribution >= 4 is 0 Å². The van der Waals surface area contributed by atoms with E-state index in [-0.39, 0.29) is 0 Å². The van der Waals surface area contributed by atoms with E-state index in [2.05, 4.69) is 39.9 Å². The summed E-state index contributed by atoms with van der Waals surface area (Å²) in [6.45, 7) is 11.2. The Bertz CT molecular complexity index is 271. The highest BCUT2D eigenvalue weighted by Crippen LogP contribution is 2.19. The van der Waals surface area contributed by atoms with Gasteiger partial charge < -0.3 is 9.73 Å². The minimum atomic E-state index is 0.303. The maximum Gasteiger partial charge on any atom is 0.105 e. The highest BCUT2D eigenvalue weighted by atomic mass is 16.3. The summed E-state index contributed by atoms with van der Waals surface area (Å²) in [7, 11) is 0. The molecule has 0 radical (unpaired) electrons. The number of furan rings is 1. The molecule has 15 heavy (non-hydrogen) atoms. The summed E-state index contributed by atoms with van der Waals surface area (Å²) >= 11 is 0. The van der Waals surface area contributed by atoms with Gasteiger partial charge in [-0.15, -0.1) is 0 Å². The normalized spacial score (nSPS) is 16.3. The van der Waals surface area contributed by atoms with E-state index in [0.29, 0.717) is 17.5 Å². The Balaban J connectivity index is 2.39. The lowest BCUT2D eigenvalue weighted by atomic mass is 9.87. The molecule has 1 N–H and O–H groups in total. The fourth-order valence-corrected chi connectivity index (χ4v) is 1.47. The number of rotatable bonds is 4. The monoisotopic (exact) mass is 209 g/mol. The third kappa shape index (κ3) is 4.08. The van der Waals surface area contributed by atoms with Gasteiger partial charge in [0.15, 0.2) is 0 Å². The van der Waals surface area contributed by atoms with Crippen LogP contribution in [0.2, 0.25) is 0 Å². The zero-order chi connectivity index (χ0) is 11.5. The van der Waals surface area contributed by atoms with Crippen LogP contribution in [-0.4, -0.2) is 12.1 Å². The van der Waals surface area contributed by atoms with Gasteiger partial charge in [0.1, 0.15) is 5.76 Å². The maximum absolute atomic E-state index is 5.33. The minimum Gasteiger partial charge on any atom is -0.469 e. The van der Waals surface area contributed by atoms with Crippen molar-refractivity contribution in [2.24, 2.45) is 5.41 Å². The van der Waals surface area contributed by atoms with Gasteiger partial charge in [-0.3, -0.25) is 0 Å². The first-order valence-corrected chi connectivity index (χ1v) is 5.68. The Labute approximate surface area is 93.1 Å². The molecule has 2 heteroatoms. The molecular formula is C13H23NO. The number of nitrogens with one attached hydrogen (secondary N) is 1. The molecule has 0 bridgehead atoms. The average Bonchev–Trinajstić information content (AvgIpc) is 2.54. The lowest BCUT2D eigenvalue weighted by Crippen LogP contribution is -2.43. The molecule has 2 nitrogen and oxygen atoms in total. The molecule has 1 aromatic heterocycles. The molecule has 86 valence electrons. The third-order valence-corrected chi connectivity index (χ3v) is 2.92. The summed E-state index contributed by atoms with van der Waals surface area (Å²) < 4.78 is 5.33. The molecule has 0 aliphatic carbocycles. The van der Waals surface area contributed by atoms with E-state index in [9.17, 15) is 0 Å². The molecule has 0 aliphatic rings. The lowest BCUT2D eigenvalue weighted by Gasteiger charge is -2.30. The van der Waals surface area contributed by atoms with E-state index in [4.69, 9.17) is 4.42 Å². The van der Waals surface area contributed by atoms with Crippen LogP contribution in [-0.2, 0) is 6.42 Å². The van der Waals surface area contributed by atoms with Gasteiger partial charge in [0, 0.05) is 18.5 Å². The van der Waals surface area contributed by atoms with Gasteiger partial charge in [0.25, 0.3) is 0 Å². The molecule has 0 aromatic carbocycles. The van der Waals surface area contributed by atoms with Crippen LogP contribution in [0.4, 0.5) is 0 Å². The van der Waals surface area contributed by atoms with Crippen LogP contribution in [0.1, 0.15) is 40.4 Å². The van der Waals surface area contributed by atoms with Crippen LogP contribution in [0.25, 0.3) is 0 Å². The second kappa shape index (κ2) is 4.84. The SMILES string of the molecule is CC(Cc1ccco1)NC(C)C(C)(C)C. The van der Waals surface area contributed by atoms with Gasteiger partial charge in [-0.05, 0) is 31.4 Å². The molecule has 0 spiro atoms. The van der Waals surface area contributed by atoms with Crippen molar-refractivity contribution in [1.82, 2.24) is 5.32 Å². The van der Waals surface area contributed by atoms with Gasteiger partial charge in [-0.2, -0.15) is 0 Å². The Kier molecular flexibility index (Phi) is 3.97. The minimum absolute atomic E-state index is 0.303.